The maximum Gasteiger partial charge on any atom is 0.0427 e. The van der Waals surface area contributed by atoms with Gasteiger partial charge in [0.05, 0.1) is 0 Å². The van der Waals surface area contributed by atoms with Crippen LogP contribution in [0.15, 0.2) is 16.6 Å². The first-order valence-corrected chi connectivity index (χ1v) is 5.18. The molecule has 1 aliphatic rings. The number of allylic oxidation sites excluding steroid dienone is 1. The first-order valence-electron chi connectivity index (χ1n) is 5.18. The summed E-state index contributed by atoms with van der Waals surface area (Å²) in [6.45, 7) is 12.2. The zero-order valence-electron chi connectivity index (χ0n) is 9.52. The lowest BCUT2D eigenvalue weighted by Crippen LogP contribution is -2.24. The van der Waals surface area contributed by atoms with Gasteiger partial charge in [0.1, 0.15) is 0 Å². The second-order valence-corrected chi connectivity index (χ2v) is 5.08. The van der Waals surface area contributed by atoms with Crippen LogP contribution in [-0.2, 0) is 0 Å². The lowest BCUT2D eigenvalue weighted by molar-refractivity contribution is 0.514. The highest BCUT2D eigenvalue weighted by atomic mass is 14.8. The molecule has 0 amide bonds. The Kier molecular flexibility index (Phi) is 2.94. The monoisotopic (exact) mass is 179 g/mol. The van der Waals surface area contributed by atoms with Crippen LogP contribution in [0.25, 0.3) is 0 Å². The molecular formula is C12H21N. The number of aliphatic imine (C=N–C) groups is 1. The summed E-state index contributed by atoms with van der Waals surface area (Å²) < 4.78 is 0. The van der Waals surface area contributed by atoms with Gasteiger partial charge in [0.2, 0.25) is 0 Å². The Balaban J connectivity index is 2.95. The van der Waals surface area contributed by atoms with Crippen molar-refractivity contribution in [2.24, 2.45) is 16.3 Å². The molecule has 13 heavy (non-hydrogen) atoms. The van der Waals surface area contributed by atoms with Crippen LogP contribution in [0.4, 0.5) is 0 Å². The first-order chi connectivity index (χ1) is 5.93. The van der Waals surface area contributed by atoms with E-state index in [1.54, 1.807) is 0 Å². The number of dihydropyridines is 1. The summed E-state index contributed by atoms with van der Waals surface area (Å²) in [5, 5.41) is 0. The molecule has 0 bridgehead atoms. The van der Waals surface area contributed by atoms with Crippen LogP contribution in [0.2, 0.25) is 0 Å². The van der Waals surface area contributed by atoms with Gasteiger partial charge in [0, 0.05) is 12.3 Å². The second kappa shape index (κ2) is 3.65. The van der Waals surface area contributed by atoms with Crippen molar-refractivity contribution in [1.29, 1.82) is 0 Å². The smallest absolute Gasteiger partial charge is 0.0427 e. The van der Waals surface area contributed by atoms with E-state index < -0.39 is 0 Å². The van der Waals surface area contributed by atoms with E-state index in [2.05, 4.69) is 45.7 Å². The topological polar surface area (TPSA) is 12.4 Å². The summed E-state index contributed by atoms with van der Waals surface area (Å²) in [5.41, 5.74) is 3.02. The molecule has 1 heteroatoms. The number of nitrogens with zero attached hydrogens (tertiary/aromatic N) is 1. The average Bonchev–Trinajstić information content (AvgIpc) is 2.03. The van der Waals surface area contributed by atoms with Crippen molar-refractivity contribution in [3.05, 3.63) is 11.6 Å². The summed E-state index contributed by atoms with van der Waals surface area (Å²) in [7, 11) is 0. The zero-order chi connectivity index (χ0) is 10.1. The molecule has 0 fully saturated rings. The Hall–Kier alpha value is -0.590. The van der Waals surface area contributed by atoms with Crippen molar-refractivity contribution in [2.45, 2.75) is 41.0 Å². The van der Waals surface area contributed by atoms with Crippen LogP contribution in [0, 0.1) is 11.3 Å². The van der Waals surface area contributed by atoms with Crippen molar-refractivity contribution < 1.29 is 0 Å². The lowest BCUT2D eigenvalue weighted by Gasteiger charge is -2.28. The van der Waals surface area contributed by atoms with Gasteiger partial charge in [-0.05, 0) is 23.3 Å². The first kappa shape index (κ1) is 10.5. The van der Waals surface area contributed by atoms with Gasteiger partial charge in [-0.15, -0.1) is 0 Å². The molecule has 74 valence electrons. The predicted molar refractivity (Wildman–Crippen MR) is 59.3 cm³/mol. The Morgan fingerprint density at radius 2 is 1.92 bits per heavy atom. The van der Waals surface area contributed by atoms with Crippen molar-refractivity contribution >= 4 is 5.71 Å². The highest BCUT2D eigenvalue weighted by Gasteiger charge is 2.24. The number of hydrogen-bond acceptors (Lipinski definition) is 1. The summed E-state index contributed by atoms with van der Waals surface area (Å²) in [6, 6.07) is 0. The highest BCUT2D eigenvalue weighted by molar-refractivity contribution is 6.02. The van der Waals surface area contributed by atoms with Gasteiger partial charge in [-0.3, -0.25) is 4.99 Å². The number of rotatable bonds is 1. The fourth-order valence-corrected chi connectivity index (χ4v) is 1.77. The highest BCUT2D eigenvalue weighted by Crippen LogP contribution is 2.31. The molecule has 0 unspecified atom stereocenters. The van der Waals surface area contributed by atoms with E-state index >= 15 is 0 Å². The van der Waals surface area contributed by atoms with Crippen LogP contribution >= 0.6 is 0 Å². The molecule has 1 rings (SSSR count). The molecule has 1 nitrogen and oxygen atoms in total. The van der Waals surface area contributed by atoms with E-state index in [1.165, 1.54) is 11.3 Å². The summed E-state index contributed by atoms with van der Waals surface area (Å²) >= 11 is 0. The van der Waals surface area contributed by atoms with Gasteiger partial charge in [-0.1, -0.05) is 40.7 Å². The molecule has 0 aliphatic carbocycles. The molecule has 0 atom stereocenters. The minimum Gasteiger partial charge on any atom is -0.289 e. The van der Waals surface area contributed by atoms with Crippen LogP contribution in [0.3, 0.4) is 0 Å². The van der Waals surface area contributed by atoms with Gasteiger partial charge in [0.25, 0.3) is 0 Å². The van der Waals surface area contributed by atoms with Crippen LogP contribution < -0.4 is 0 Å². The largest absolute Gasteiger partial charge is 0.289 e. The summed E-state index contributed by atoms with van der Waals surface area (Å²) in [6.07, 6.45) is 3.48. The van der Waals surface area contributed by atoms with Crippen molar-refractivity contribution in [2.75, 3.05) is 6.54 Å². The molecule has 0 aromatic carbocycles. The minimum atomic E-state index is 0.253. The van der Waals surface area contributed by atoms with Gasteiger partial charge >= 0.3 is 0 Å². The molecule has 1 aliphatic heterocycles. The molecule has 1 heterocycles. The van der Waals surface area contributed by atoms with E-state index in [4.69, 9.17) is 0 Å². The normalized spacial score (nSPS) is 18.6. The van der Waals surface area contributed by atoms with E-state index in [0.29, 0.717) is 5.92 Å². The fraction of sp³-hybridized carbons (Fsp3) is 0.750. The molecule has 0 aromatic rings. The minimum absolute atomic E-state index is 0.253. The molecule has 0 aromatic heterocycles. The van der Waals surface area contributed by atoms with Crippen LogP contribution in [0.1, 0.15) is 41.0 Å². The Morgan fingerprint density at radius 3 is 2.31 bits per heavy atom. The molecule has 0 saturated carbocycles. The van der Waals surface area contributed by atoms with E-state index in [9.17, 15) is 0 Å². The van der Waals surface area contributed by atoms with Crippen LogP contribution in [-0.4, -0.2) is 12.3 Å². The quantitative estimate of drug-likeness (QED) is 0.584. The van der Waals surface area contributed by atoms with E-state index in [0.717, 1.165) is 13.0 Å². The number of hydrogen-bond donors (Lipinski definition) is 0. The molecule has 0 saturated heterocycles. The summed E-state index contributed by atoms with van der Waals surface area (Å²) in [4.78, 5) is 4.63. The SMILES string of the molecule is CC(C)C1=NCCC=C1C(C)(C)C. The van der Waals surface area contributed by atoms with Crippen molar-refractivity contribution in [3.8, 4) is 0 Å². The average molecular weight is 179 g/mol. The van der Waals surface area contributed by atoms with Gasteiger partial charge in [-0.25, -0.2) is 0 Å². The fourth-order valence-electron chi connectivity index (χ4n) is 1.77. The maximum absolute atomic E-state index is 4.63. The van der Waals surface area contributed by atoms with Crippen LogP contribution in [0.5, 0.6) is 0 Å². The third-order valence-electron chi connectivity index (χ3n) is 2.39. The third-order valence-corrected chi connectivity index (χ3v) is 2.39. The van der Waals surface area contributed by atoms with Crippen molar-refractivity contribution in [1.82, 2.24) is 0 Å². The van der Waals surface area contributed by atoms with Gasteiger partial charge in [-0.2, -0.15) is 0 Å². The lowest BCUT2D eigenvalue weighted by atomic mass is 9.79. The third kappa shape index (κ3) is 2.43. The van der Waals surface area contributed by atoms with E-state index in [-0.39, 0.29) is 5.41 Å². The molecule has 0 spiro atoms. The molecule has 0 N–H and O–H groups in total. The van der Waals surface area contributed by atoms with Gasteiger partial charge in [0.15, 0.2) is 0 Å². The zero-order valence-corrected chi connectivity index (χ0v) is 9.52. The summed E-state index contributed by atoms with van der Waals surface area (Å²) in [5.74, 6) is 0.561. The van der Waals surface area contributed by atoms with Gasteiger partial charge < -0.3 is 0 Å². The Bertz CT molecular complexity index is 238. The maximum atomic E-state index is 4.63. The second-order valence-electron chi connectivity index (χ2n) is 5.08. The Labute approximate surface area is 82.0 Å². The van der Waals surface area contributed by atoms with Crippen molar-refractivity contribution in [3.63, 3.8) is 0 Å². The standard InChI is InChI=1S/C12H21N/c1-9(2)11-10(12(3,4)5)7-6-8-13-11/h7,9H,6,8H2,1-5H3. The van der Waals surface area contributed by atoms with E-state index in [1.807, 2.05) is 0 Å². The predicted octanol–water partition coefficient (Wildman–Crippen LogP) is 3.46. The molecule has 0 radical (unpaired) electrons. The molecular weight excluding hydrogens is 158 g/mol. The Morgan fingerprint density at radius 1 is 1.31 bits per heavy atom.